The van der Waals surface area contributed by atoms with Gasteiger partial charge in [0.05, 0.1) is 10.6 Å². The highest BCUT2D eigenvalue weighted by Crippen LogP contribution is 2.21. The van der Waals surface area contributed by atoms with Crippen molar-refractivity contribution in [2.75, 3.05) is 17.2 Å². The van der Waals surface area contributed by atoms with Crippen LogP contribution in [0.1, 0.15) is 16.1 Å². The molecule has 2 aromatic carbocycles. The molecule has 0 unspecified atom stereocenters. The van der Waals surface area contributed by atoms with Crippen LogP contribution in [0.4, 0.5) is 20.9 Å². The van der Waals surface area contributed by atoms with E-state index in [4.69, 9.17) is 4.74 Å². The zero-order chi connectivity index (χ0) is 21.5. The highest BCUT2D eigenvalue weighted by atomic mass is 32.1. The maximum atomic E-state index is 13.7. The second-order valence-electron chi connectivity index (χ2n) is 5.92. The first-order valence-corrected chi connectivity index (χ1v) is 9.44. The standard InChI is InChI=1S/C19H15FN4O5S/c20-14-7-6-13(24(27)28)8-15(14)22-17(25)10-29-18(26)16-11-30-19(23-16)21-9-12-4-2-1-3-5-12/h1-8,11H,9-10H2,(H,21,23)(H,22,25). The van der Waals surface area contributed by atoms with Gasteiger partial charge < -0.3 is 15.4 Å². The molecule has 0 aliphatic carbocycles. The Morgan fingerprint density at radius 2 is 1.97 bits per heavy atom. The fourth-order valence-electron chi connectivity index (χ4n) is 2.34. The number of hydrogen-bond donors (Lipinski definition) is 2. The number of nitrogens with one attached hydrogen (secondary N) is 2. The van der Waals surface area contributed by atoms with Gasteiger partial charge in [0, 0.05) is 24.1 Å². The van der Waals surface area contributed by atoms with E-state index in [1.54, 1.807) is 0 Å². The van der Waals surface area contributed by atoms with Crippen LogP contribution in [0, 0.1) is 15.9 Å². The molecule has 2 N–H and O–H groups in total. The zero-order valence-electron chi connectivity index (χ0n) is 15.3. The van der Waals surface area contributed by atoms with Crippen molar-refractivity contribution in [3.63, 3.8) is 0 Å². The predicted octanol–water partition coefficient (Wildman–Crippen LogP) is 3.60. The van der Waals surface area contributed by atoms with Crippen molar-refractivity contribution < 1.29 is 23.6 Å². The Morgan fingerprint density at radius 1 is 1.20 bits per heavy atom. The second-order valence-corrected chi connectivity index (χ2v) is 6.78. The van der Waals surface area contributed by atoms with E-state index < -0.39 is 29.2 Å². The van der Waals surface area contributed by atoms with E-state index in [1.165, 1.54) is 16.7 Å². The third kappa shape index (κ3) is 5.58. The number of nitro groups is 1. The molecule has 0 aliphatic heterocycles. The maximum absolute atomic E-state index is 13.7. The van der Waals surface area contributed by atoms with E-state index in [-0.39, 0.29) is 17.1 Å². The normalized spacial score (nSPS) is 10.3. The Kier molecular flexibility index (Phi) is 6.65. The number of benzene rings is 2. The molecule has 0 spiro atoms. The number of thiazole rings is 1. The van der Waals surface area contributed by atoms with Crippen LogP contribution in [-0.2, 0) is 16.1 Å². The van der Waals surface area contributed by atoms with E-state index in [0.29, 0.717) is 11.7 Å². The SMILES string of the molecule is O=C(COC(=O)c1csc(NCc2ccccc2)n1)Nc1cc([N+](=O)[O-])ccc1F. The first kappa shape index (κ1) is 20.9. The lowest BCUT2D eigenvalue weighted by molar-refractivity contribution is -0.384. The smallest absolute Gasteiger partial charge is 0.358 e. The lowest BCUT2D eigenvalue weighted by atomic mass is 10.2. The molecule has 0 saturated carbocycles. The summed E-state index contributed by atoms with van der Waals surface area (Å²) in [4.78, 5) is 38.1. The highest BCUT2D eigenvalue weighted by Gasteiger charge is 2.16. The number of halogens is 1. The van der Waals surface area contributed by atoms with Crippen LogP contribution in [0.15, 0.2) is 53.9 Å². The van der Waals surface area contributed by atoms with Crippen LogP contribution in [0.5, 0.6) is 0 Å². The molecule has 0 aliphatic rings. The lowest BCUT2D eigenvalue weighted by Crippen LogP contribution is -2.21. The van der Waals surface area contributed by atoms with Crippen molar-refractivity contribution in [1.82, 2.24) is 4.98 Å². The summed E-state index contributed by atoms with van der Waals surface area (Å²) >= 11 is 1.20. The highest BCUT2D eigenvalue weighted by molar-refractivity contribution is 7.13. The topological polar surface area (TPSA) is 123 Å². The molecular formula is C19H15FN4O5S. The van der Waals surface area contributed by atoms with Gasteiger partial charge in [-0.3, -0.25) is 14.9 Å². The van der Waals surface area contributed by atoms with Gasteiger partial charge >= 0.3 is 5.97 Å². The predicted molar refractivity (Wildman–Crippen MR) is 108 cm³/mol. The van der Waals surface area contributed by atoms with Crippen LogP contribution >= 0.6 is 11.3 Å². The van der Waals surface area contributed by atoms with Crippen LogP contribution in [0.2, 0.25) is 0 Å². The van der Waals surface area contributed by atoms with E-state index >= 15 is 0 Å². The molecule has 1 amide bonds. The Hall–Kier alpha value is -3.86. The minimum absolute atomic E-state index is 0.0184. The largest absolute Gasteiger partial charge is 0.451 e. The molecule has 1 heterocycles. The molecule has 1 aromatic heterocycles. The second kappa shape index (κ2) is 9.56. The van der Waals surface area contributed by atoms with Gasteiger partial charge in [0.15, 0.2) is 17.4 Å². The lowest BCUT2D eigenvalue weighted by Gasteiger charge is -2.06. The van der Waals surface area contributed by atoms with Crippen molar-refractivity contribution in [2.45, 2.75) is 6.54 Å². The summed E-state index contributed by atoms with van der Waals surface area (Å²) in [5.41, 5.74) is 0.291. The van der Waals surface area contributed by atoms with Gasteiger partial charge in [0.25, 0.3) is 11.6 Å². The number of esters is 1. The number of nitrogens with zero attached hydrogens (tertiary/aromatic N) is 2. The maximum Gasteiger partial charge on any atom is 0.358 e. The third-order valence-electron chi connectivity index (χ3n) is 3.77. The van der Waals surface area contributed by atoms with Crippen molar-refractivity contribution in [3.8, 4) is 0 Å². The molecule has 0 fully saturated rings. The van der Waals surface area contributed by atoms with Crippen LogP contribution < -0.4 is 10.6 Å². The number of hydrogen-bond acceptors (Lipinski definition) is 8. The number of nitro benzene ring substituents is 1. The summed E-state index contributed by atoms with van der Waals surface area (Å²) in [6.45, 7) is -0.175. The first-order chi connectivity index (χ1) is 14.4. The van der Waals surface area contributed by atoms with Crippen LogP contribution in [-0.4, -0.2) is 28.4 Å². The van der Waals surface area contributed by atoms with Crippen LogP contribution in [0.25, 0.3) is 0 Å². The minimum atomic E-state index is -0.853. The number of rotatable bonds is 8. The average Bonchev–Trinajstić information content (AvgIpc) is 3.22. The quantitative estimate of drug-likeness (QED) is 0.318. The minimum Gasteiger partial charge on any atom is -0.451 e. The Morgan fingerprint density at radius 3 is 2.70 bits per heavy atom. The molecule has 0 bridgehead atoms. The Balaban J connectivity index is 1.51. The molecular weight excluding hydrogens is 415 g/mol. The zero-order valence-corrected chi connectivity index (χ0v) is 16.1. The van der Waals surface area contributed by atoms with E-state index in [0.717, 1.165) is 23.8 Å². The van der Waals surface area contributed by atoms with Gasteiger partial charge in [-0.1, -0.05) is 30.3 Å². The number of anilines is 2. The van der Waals surface area contributed by atoms with Crippen molar-refractivity contribution in [2.24, 2.45) is 0 Å². The summed E-state index contributed by atoms with van der Waals surface area (Å²) in [6, 6.07) is 12.3. The average molecular weight is 430 g/mol. The third-order valence-corrected chi connectivity index (χ3v) is 4.57. The number of carbonyl (C=O) groups is 2. The van der Waals surface area contributed by atoms with Gasteiger partial charge in [-0.15, -0.1) is 11.3 Å². The Labute approximate surface area is 173 Å². The number of carbonyl (C=O) groups excluding carboxylic acids is 2. The van der Waals surface area contributed by atoms with Gasteiger partial charge in [0.1, 0.15) is 5.82 Å². The molecule has 154 valence electrons. The molecule has 30 heavy (non-hydrogen) atoms. The summed E-state index contributed by atoms with van der Waals surface area (Å²) in [5.74, 6) is -2.53. The van der Waals surface area contributed by atoms with Crippen molar-refractivity contribution in [1.29, 1.82) is 0 Å². The summed E-state index contributed by atoms with van der Waals surface area (Å²) < 4.78 is 18.6. The summed E-state index contributed by atoms with van der Waals surface area (Å²) in [6.07, 6.45) is 0. The molecule has 0 saturated heterocycles. The molecule has 11 heteroatoms. The Bertz CT molecular complexity index is 1070. The number of ether oxygens (including phenoxy) is 1. The number of aromatic nitrogens is 1. The van der Waals surface area contributed by atoms with Gasteiger partial charge in [-0.2, -0.15) is 0 Å². The van der Waals surface area contributed by atoms with E-state index in [2.05, 4.69) is 15.6 Å². The van der Waals surface area contributed by atoms with Crippen molar-refractivity contribution >= 4 is 39.7 Å². The molecule has 3 aromatic rings. The molecule has 0 atom stereocenters. The summed E-state index contributed by atoms with van der Waals surface area (Å²) in [5, 5.41) is 17.9. The monoisotopic (exact) mass is 430 g/mol. The fraction of sp³-hybridized carbons (Fsp3) is 0.105. The molecule has 0 radical (unpaired) electrons. The van der Waals surface area contributed by atoms with Crippen molar-refractivity contribution in [3.05, 3.63) is 81.1 Å². The van der Waals surface area contributed by atoms with E-state index in [1.807, 2.05) is 30.3 Å². The molecule has 9 nitrogen and oxygen atoms in total. The number of non-ortho nitro benzene ring substituents is 1. The first-order valence-electron chi connectivity index (χ1n) is 8.56. The van der Waals surface area contributed by atoms with E-state index in [9.17, 15) is 24.1 Å². The van der Waals surface area contributed by atoms with Crippen LogP contribution in [0.3, 0.4) is 0 Å². The number of amides is 1. The fourth-order valence-corrected chi connectivity index (χ4v) is 3.01. The summed E-state index contributed by atoms with van der Waals surface area (Å²) in [7, 11) is 0. The molecule has 3 rings (SSSR count). The van der Waals surface area contributed by atoms with Gasteiger partial charge in [-0.05, 0) is 11.6 Å². The van der Waals surface area contributed by atoms with Gasteiger partial charge in [0.2, 0.25) is 0 Å². The van der Waals surface area contributed by atoms with Gasteiger partial charge in [-0.25, -0.2) is 14.2 Å².